The van der Waals surface area contributed by atoms with E-state index in [9.17, 15) is 9.59 Å². The number of aromatic nitrogens is 1. The maximum Gasteiger partial charge on any atom is 0.275 e. The highest BCUT2D eigenvalue weighted by Crippen LogP contribution is 2.23. The van der Waals surface area contributed by atoms with Gasteiger partial charge in [-0.25, -0.2) is 0 Å². The highest BCUT2D eigenvalue weighted by atomic mass is 35.5. The lowest BCUT2D eigenvalue weighted by Gasteiger charge is -2.11. The third-order valence-corrected chi connectivity index (χ3v) is 3.57. The van der Waals surface area contributed by atoms with Gasteiger partial charge in [0.1, 0.15) is 11.3 Å². The summed E-state index contributed by atoms with van der Waals surface area (Å²) in [7, 11) is 1.43. The predicted molar refractivity (Wildman–Crippen MR) is 88.3 cm³/mol. The van der Waals surface area contributed by atoms with Crippen LogP contribution in [-0.4, -0.2) is 24.1 Å². The van der Waals surface area contributed by atoms with Crippen molar-refractivity contribution < 1.29 is 18.8 Å². The lowest BCUT2D eigenvalue weighted by atomic mass is 10.0. The number of nitrogens with zero attached hydrogens (tertiary/aromatic N) is 1. The van der Waals surface area contributed by atoms with Gasteiger partial charge in [0.25, 0.3) is 11.8 Å². The summed E-state index contributed by atoms with van der Waals surface area (Å²) in [6.45, 7) is 5.43. The van der Waals surface area contributed by atoms with Crippen LogP contribution < -0.4 is 15.6 Å². The van der Waals surface area contributed by atoms with E-state index in [1.165, 1.54) is 19.2 Å². The average Bonchev–Trinajstić information content (AvgIpc) is 2.94. The van der Waals surface area contributed by atoms with Crippen molar-refractivity contribution in [1.29, 1.82) is 0 Å². The predicted octanol–water partition coefficient (Wildman–Crippen LogP) is 2.84. The van der Waals surface area contributed by atoms with Gasteiger partial charge in [0, 0.05) is 10.9 Å². The molecule has 128 valence electrons. The van der Waals surface area contributed by atoms with Crippen molar-refractivity contribution in [3.8, 4) is 5.75 Å². The molecule has 0 saturated carbocycles. The molecule has 24 heavy (non-hydrogen) atoms. The van der Waals surface area contributed by atoms with Crippen LogP contribution in [0.5, 0.6) is 5.75 Å². The molecule has 0 aliphatic rings. The Morgan fingerprint density at radius 2 is 1.92 bits per heavy atom. The molecule has 1 aromatic carbocycles. The Balaban J connectivity index is 2.12. The zero-order valence-electron chi connectivity index (χ0n) is 13.8. The van der Waals surface area contributed by atoms with Crippen LogP contribution in [0.3, 0.4) is 0 Å². The molecule has 2 aromatic rings. The number of aryl methyl sites for hydroxylation is 1. The molecule has 8 heteroatoms. The van der Waals surface area contributed by atoms with Crippen LogP contribution in [0, 0.1) is 6.92 Å². The van der Waals surface area contributed by atoms with Crippen LogP contribution in [0.1, 0.15) is 51.9 Å². The summed E-state index contributed by atoms with van der Waals surface area (Å²) in [6, 6.07) is 4.58. The molecule has 0 fully saturated rings. The van der Waals surface area contributed by atoms with Crippen molar-refractivity contribution in [2.75, 3.05) is 7.11 Å². The van der Waals surface area contributed by atoms with Crippen LogP contribution >= 0.6 is 11.6 Å². The summed E-state index contributed by atoms with van der Waals surface area (Å²) in [5, 5.41) is 4.24. The van der Waals surface area contributed by atoms with E-state index < -0.39 is 11.8 Å². The molecular weight excluding hydrogens is 334 g/mol. The minimum absolute atomic E-state index is 0.0148. The molecule has 1 aromatic heterocycles. The Bertz CT molecular complexity index is 771. The quantitative estimate of drug-likeness (QED) is 0.826. The van der Waals surface area contributed by atoms with Gasteiger partial charge in [0.05, 0.1) is 18.4 Å². The van der Waals surface area contributed by atoms with Gasteiger partial charge in [-0.3, -0.25) is 20.4 Å². The number of methoxy groups -OCH3 is 1. The fourth-order valence-corrected chi connectivity index (χ4v) is 2.32. The van der Waals surface area contributed by atoms with E-state index in [1.807, 2.05) is 13.8 Å². The summed E-state index contributed by atoms with van der Waals surface area (Å²) >= 11 is 5.86. The molecular formula is C16H18ClN3O4. The third-order valence-electron chi connectivity index (χ3n) is 3.34. The van der Waals surface area contributed by atoms with Crippen LogP contribution in [0.15, 0.2) is 22.7 Å². The maximum atomic E-state index is 12.3. The van der Waals surface area contributed by atoms with E-state index in [-0.39, 0.29) is 11.5 Å². The Labute approximate surface area is 144 Å². The first-order chi connectivity index (χ1) is 11.3. The molecule has 0 bridgehead atoms. The molecule has 2 N–H and O–H groups in total. The summed E-state index contributed by atoms with van der Waals surface area (Å²) in [4.78, 5) is 24.5. The zero-order chi connectivity index (χ0) is 17.9. The SMILES string of the molecule is COc1cc(Cl)ccc1C(=O)NNC(=O)c1c(C)noc1C(C)C. The minimum Gasteiger partial charge on any atom is -0.496 e. The summed E-state index contributed by atoms with van der Waals surface area (Å²) < 4.78 is 10.3. The van der Waals surface area contributed by atoms with Crippen LogP contribution in [-0.2, 0) is 0 Å². The Morgan fingerprint density at radius 3 is 2.54 bits per heavy atom. The van der Waals surface area contributed by atoms with Crippen LogP contribution in [0.25, 0.3) is 0 Å². The number of carbonyl (C=O) groups excluding carboxylic acids is 2. The molecule has 0 saturated heterocycles. The lowest BCUT2D eigenvalue weighted by molar-refractivity contribution is 0.0843. The highest BCUT2D eigenvalue weighted by molar-refractivity contribution is 6.30. The Morgan fingerprint density at radius 1 is 1.25 bits per heavy atom. The van der Waals surface area contributed by atoms with E-state index in [4.69, 9.17) is 20.9 Å². The molecule has 0 radical (unpaired) electrons. The molecule has 0 atom stereocenters. The van der Waals surface area contributed by atoms with Crippen molar-refractivity contribution in [2.45, 2.75) is 26.7 Å². The molecule has 2 amide bonds. The maximum absolute atomic E-state index is 12.3. The molecule has 7 nitrogen and oxygen atoms in total. The van der Waals surface area contributed by atoms with E-state index in [1.54, 1.807) is 13.0 Å². The van der Waals surface area contributed by atoms with Gasteiger partial charge in [-0.15, -0.1) is 0 Å². The van der Waals surface area contributed by atoms with Crippen molar-refractivity contribution in [3.05, 3.63) is 45.8 Å². The number of amides is 2. The van der Waals surface area contributed by atoms with Gasteiger partial charge in [-0.1, -0.05) is 30.6 Å². The first-order valence-electron chi connectivity index (χ1n) is 7.25. The van der Waals surface area contributed by atoms with E-state index >= 15 is 0 Å². The Kier molecular flexibility index (Phi) is 5.46. The Hall–Kier alpha value is -2.54. The smallest absolute Gasteiger partial charge is 0.275 e. The number of hydrogen-bond acceptors (Lipinski definition) is 5. The summed E-state index contributed by atoms with van der Waals surface area (Å²) in [5.41, 5.74) is 5.71. The van der Waals surface area contributed by atoms with Gasteiger partial charge in [0.15, 0.2) is 5.76 Å². The number of rotatable bonds is 4. The fourth-order valence-electron chi connectivity index (χ4n) is 2.15. The summed E-state index contributed by atoms with van der Waals surface area (Å²) in [6.07, 6.45) is 0. The number of hydrazine groups is 1. The van der Waals surface area contributed by atoms with E-state index in [2.05, 4.69) is 16.0 Å². The first-order valence-corrected chi connectivity index (χ1v) is 7.63. The van der Waals surface area contributed by atoms with Crippen molar-refractivity contribution in [2.24, 2.45) is 0 Å². The van der Waals surface area contributed by atoms with Gasteiger partial charge in [0.2, 0.25) is 0 Å². The zero-order valence-corrected chi connectivity index (χ0v) is 14.5. The largest absolute Gasteiger partial charge is 0.496 e. The third kappa shape index (κ3) is 3.68. The number of hydrogen-bond donors (Lipinski definition) is 2. The fraction of sp³-hybridized carbons (Fsp3) is 0.312. The minimum atomic E-state index is -0.530. The van der Waals surface area contributed by atoms with Gasteiger partial charge in [-0.05, 0) is 25.1 Å². The second-order valence-corrected chi connectivity index (χ2v) is 5.85. The molecule has 0 aliphatic heterocycles. The molecule has 0 unspecified atom stereocenters. The normalized spacial score (nSPS) is 10.6. The van der Waals surface area contributed by atoms with Crippen molar-refractivity contribution in [1.82, 2.24) is 16.0 Å². The highest BCUT2D eigenvalue weighted by Gasteiger charge is 2.23. The van der Waals surface area contributed by atoms with Crippen LogP contribution in [0.2, 0.25) is 5.02 Å². The topological polar surface area (TPSA) is 93.5 Å². The van der Waals surface area contributed by atoms with Crippen molar-refractivity contribution >= 4 is 23.4 Å². The molecule has 2 rings (SSSR count). The van der Waals surface area contributed by atoms with Gasteiger partial charge in [-0.2, -0.15) is 0 Å². The number of ether oxygens (including phenoxy) is 1. The number of halogens is 1. The molecule has 1 heterocycles. The summed E-state index contributed by atoms with van der Waals surface area (Å²) in [5.74, 6) is -0.281. The monoisotopic (exact) mass is 351 g/mol. The first kappa shape index (κ1) is 17.8. The van der Waals surface area contributed by atoms with Gasteiger partial charge < -0.3 is 9.26 Å². The molecule has 0 aliphatic carbocycles. The van der Waals surface area contributed by atoms with E-state index in [0.29, 0.717) is 27.8 Å². The standard InChI is InChI=1S/C16H18ClN3O4/c1-8(2)14-13(9(3)20-24-14)16(22)19-18-15(21)11-6-5-10(17)7-12(11)23-4/h5-8H,1-4H3,(H,18,21)(H,19,22). The number of nitrogens with one attached hydrogen (secondary N) is 2. The van der Waals surface area contributed by atoms with Gasteiger partial charge >= 0.3 is 0 Å². The average molecular weight is 352 g/mol. The second kappa shape index (κ2) is 7.35. The second-order valence-electron chi connectivity index (χ2n) is 5.41. The number of benzene rings is 1. The molecule has 0 spiro atoms. The lowest BCUT2D eigenvalue weighted by Crippen LogP contribution is -2.42. The van der Waals surface area contributed by atoms with E-state index in [0.717, 1.165) is 0 Å². The van der Waals surface area contributed by atoms with Crippen molar-refractivity contribution in [3.63, 3.8) is 0 Å². The number of carbonyl (C=O) groups is 2. The van der Waals surface area contributed by atoms with Crippen LogP contribution in [0.4, 0.5) is 0 Å².